The van der Waals surface area contributed by atoms with E-state index in [1.165, 1.54) is 17.7 Å². The number of aryl methyl sites for hydroxylation is 2. The van der Waals surface area contributed by atoms with E-state index in [9.17, 15) is 8.78 Å². The van der Waals surface area contributed by atoms with Gasteiger partial charge in [-0.25, -0.2) is 8.78 Å². The standard InChI is InChI=1S/C16H15BrF2/c1-3-11-5-7-12(8-6-11)15(17)14-13(18)9-4-10(2)16(14)19/h4-9,15H,3H2,1-2H3. The molecule has 2 aromatic rings. The van der Waals surface area contributed by atoms with Crippen LogP contribution in [0.4, 0.5) is 8.78 Å². The predicted octanol–water partition coefficient (Wildman–Crippen LogP) is 5.32. The molecule has 0 N–H and O–H groups in total. The molecule has 0 aliphatic carbocycles. The van der Waals surface area contributed by atoms with Crippen LogP contribution in [0.5, 0.6) is 0 Å². The van der Waals surface area contributed by atoms with Crippen molar-refractivity contribution in [2.24, 2.45) is 0 Å². The largest absolute Gasteiger partial charge is 0.207 e. The van der Waals surface area contributed by atoms with Crippen LogP contribution in [-0.2, 0) is 6.42 Å². The van der Waals surface area contributed by atoms with Crippen LogP contribution in [0.25, 0.3) is 0 Å². The van der Waals surface area contributed by atoms with E-state index < -0.39 is 16.5 Å². The van der Waals surface area contributed by atoms with Crippen LogP contribution in [0.1, 0.15) is 34.0 Å². The third-order valence-electron chi connectivity index (χ3n) is 3.25. The van der Waals surface area contributed by atoms with E-state index in [-0.39, 0.29) is 5.56 Å². The van der Waals surface area contributed by atoms with Gasteiger partial charge < -0.3 is 0 Å². The number of halogens is 3. The zero-order valence-corrected chi connectivity index (χ0v) is 12.5. The molecule has 0 saturated heterocycles. The molecule has 0 radical (unpaired) electrons. The van der Waals surface area contributed by atoms with Crippen molar-refractivity contribution >= 4 is 15.9 Å². The first kappa shape index (κ1) is 14.2. The summed E-state index contributed by atoms with van der Waals surface area (Å²) in [6, 6.07) is 10.5. The lowest BCUT2D eigenvalue weighted by atomic mass is 10.00. The van der Waals surface area contributed by atoms with Gasteiger partial charge in [-0.2, -0.15) is 0 Å². The van der Waals surface area contributed by atoms with Crippen molar-refractivity contribution in [3.8, 4) is 0 Å². The summed E-state index contributed by atoms with van der Waals surface area (Å²) in [7, 11) is 0. The lowest BCUT2D eigenvalue weighted by Crippen LogP contribution is -2.02. The highest BCUT2D eigenvalue weighted by molar-refractivity contribution is 9.09. The van der Waals surface area contributed by atoms with Gasteiger partial charge in [-0.1, -0.05) is 53.2 Å². The van der Waals surface area contributed by atoms with E-state index in [1.807, 2.05) is 24.3 Å². The molecule has 0 heterocycles. The molecule has 0 aliphatic heterocycles. The fourth-order valence-electron chi connectivity index (χ4n) is 2.00. The van der Waals surface area contributed by atoms with Crippen LogP contribution in [0.3, 0.4) is 0 Å². The van der Waals surface area contributed by atoms with Crippen molar-refractivity contribution in [3.05, 3.63) is 70.3 Å². The summed E-state index contributed by atoms with van der Waals surface area (Å²) in [4.78, 5) is -0.474. The first-order valence-corrected chi connectivity index (χ1v) is 7.13. The normalized spacial score (nSPS) is 12.5. The Kier molecular flexibility index (Phi) is 4.35. The predicted molar refractivity (Wildman–Crippen MR) is 77.7 cm³/mol. The van der Waals surface area contributed by atoms with Crippen LogP contribution in [0, 0.1) is 18.6 Å². The van der Waals surface area contributed by atoms with Gasteiger partial charge in [0.1, 0.15) is 11.6 Å². The Bertz CT molecular complexity index is 576. The van der Waals surface area contributed by atoms with Gasteiger partial charge in [0.2, 0.25) is 0 Å². The Morgan fingerprint density at radius 2 is 1.68 bits per heavy atom. The number of benzene rings is 2. The van der Waals surface area contributed by atoms with Gasteiger partial charge in [-0.3, -0.25) is 0 Å². The molecule has 0 bridgehead atoms. The van der Waals surface area contributed by atoms with E-state index >= 15 is 0 Å². The summed E-state index contributed by atoms with van der Waals surface area (Å²) < 4.78 is 27.9. The minimum atomic E-state index is -0.524. The molecule has 2 rings (SSSR count). The first-order valence-electron chi connectivity index (χ1n) is 6.22. The van der Waals surface area contributed by atoms with Gasteiger partial charge in [-0.15, -0.1) is 0 Å². The smallest absolute Gasteiger partial charge is 0.133 e. The monoisotopic (exact) mass is 324 g/mol. The molecular formula is C16H15BrF2. The topological polar surface area (TPSA) is 0 Å². The van der Waals surface area contributed by atoms with Gasteiger partial charge in [0.05, 0.1) is 4.83 Å². The second-order valence-electron chi connectivity index (χ2n) is 4.55. The second-order valence-corrected chi connectivity index (χ2v) is 5.47. The quantitative estimate of drug-likeness (QED) is 0.670. The highest BCUT2D eigenvalue weighted by Gasteiger charge is 2.20. The molecular weight excluding hydrogens is 310 g/mol. The second kappa shape index (κ2) is 5.83. The van der Waals surface area contributed by atoms with Crippen molar-refractivity contribution in [2.45, 2.75) is 25.1 Å². The highest BCUT2D eigenvalue weighted by Crippen LogP contribution is 2.35. The van der Waals surface area contributed by atoms with Crippen molar-refractivity contribution < 1.29 is 8.78 Å². The zero-order valence-electron chi connectivity index (χ0n) is 10.9. The molecule has 0 aliphatic rings. The van der Waals surface area contributed by atoms with Gasteiger partial charge in [0, 0.05) is 5.56 Å². The van der Waals surface area contributed by atoms with Crippen molar-refractivity contribution in [1.82, 2.24) is 0 Å². The number of hydrogen-bond acceptors (Lipinski definition) is 0. The number of alkyl halides is 1. The maximum Gasteiger partial charge on any atom is 0.133 e. The van der Waals surface area contributed by atoms with E-state index in [1.54, 1.807) is 6.92 Å². The van der Waals surface area contributed by atoms with Crippen LogP contribution in [-0.4, -0.2) is 0 Å². The summed E-state index contributed by atoms with van der Waals surface area (Å²) >= 11 is 3.40. The van der Waals surface area contributed by atoms with E-state index in [2.05, 4.69) is 22.9 Å². The SMILES string of the molecule is CCc1ccc(C(Br)c2c(F)ccc(C)c2F)cc1. The lowest BCUT2D eigenvalue weighted by molar-refractivity contribution is 0.555. The molecule has 2 aromatic carbocycles. The molecule has 3 heteroatoms. The molecule has 1 unspecified atom stereocenters. The zero-order chi connectivity index (χ0) is 14.0. The fourth-order valence-corrected chi connectivity index (χ4v) is 2.72. The maximum absolute atomic E-state index is 14.1. The molecule has 0 fully saturated rings. The Morgan fingerprint density at radius 3 is 2.26 bits per heavy atom. The molecule has 1 atom stereocenters. The van der Waals surface area contributed by atoms with Crippen LogP contribution >= 0.6 is 15.9 Å². The summed E-state index contributed by atoms with van der Waals surface area (Å²) in [5.41, 5.74) is 2.57. The van der Waals surface area contributed by atoms with E-state index in [4.69, 9.17) is 0 Å². The van der Waals surface area contributed by atoms with Gasteiger partial charge in [0.25, 0.3) is 0 Å². The van der Waals surface area contributed by atoms with Crippen molar-refractivity contribution in [2.75, 3.05) is 0 Å². The molecule has 0 amide bonds. The third kappa shape index (κ3) is 2.86. The molecule has 100 valence electrons. The van der Waals surface area contributed by atoms with Gasteiger partial charge in [0.15, 0.2) is 0 Å². The molecule has 19 heavy (non-hydrogen) atoms. The Hall–Kier alpha value is -1.22. The Labute approximate surface area is 120 Å². The summed E-state index contributed by atoms with van der Waals surface area (Å²) in [6.45, 7) is 3.71. The van der Waals surface area contributed by atoms with Crippen LogP contribution in [0.2, 0.25) is 0 Å². The van der Waals surface area contributed by atoms with Crippen molar-refractivity contribution in [3.63, 3.8) is 0 Å². The highest BCUT2D eigenvalue weighted by atomic mass is 79.9. The maximum atomic E-state index is 14.1. The van der Waals surface area contributed by atoms with E-state index in [0.717, 1.165) is 12.0 Å². The molecule has 0 saturated carbocycles. The van der Waals surface area contributed by atoms with Crippen molar-refractivity contribution in [1.29, 1.82) is 0 Å². The average molecular weight is 325 g/mol. The molecule has 0 spiro atoms. The van der Waals surface area contributed by atoms with Gasteiger partial charge >= 0.3 is 0 Å². The third-order valence-corrected chi connectivity index (χ3v) is 4.24. The summed E-state index contributed by atoms with van der Waals surface area (Å²) in [5.74, 6) is -1.01. The average Bonchev–Trinajstić information content (AvgIpc) is 2.43. The fraction of sp³-hybridized carbons (Fsp3) is 0.250. The number of rotatable bonds is 3. The summed E-state index contributed by atoms with van der Waals surface area (Å²) in [5, 5.41) is 0. The Balaban J connectivity index is 2.43. The Morgan fingerprint density at radius 1 is 1.05 bits per heavy atom. The van der Waals surface area contributed by atoms with Crippen LogP contribution in [0.15, 0.2) is 36.4 Å². The lowest BCUT2D eigenvalue weighted by Gasteiger charge is -2.14. The summed E-state index contributed by atoms with van der Waals surface area (Å²) in [6.07, 6.45) is 0.945. The molecule has 0 nitrogen and oxygen atoms in total. The van der Waals surface area contributed by atoms with Crippen LogP contribution < -0.4 is 0 Å². The van der Waals surface area contributed by atoms with Gasteiger partial charge in [-0.05, 0) is 36.1 Å². The minimum Gasteiger partial charge on any atom is -0.207 e. The first-order chi connectivity index (χ1) is 9.04. The number of hydrogen-bond donors (Lipinski definition) is 0. The van der Waals surface area contributed by atoms with E-state index in [0.29, 0.717) is 5.56 Å². The minimum absolute atomic E-state index is 0.0734. The molecule has 0 aromatic heterocycles.